The standard InChI is InChI=1S/C25H25F3N4O4/c1-13(18-10-19-21(11-20(18)25(26,27)28)30-14(2)31-22(19)33)29-17-7-5-15(6-8-17)23(34)32-9-3-4-16(12-32)24(35)36/h5-8,10-11,13,16,29H,3-4,9,12H2,1-2H3,(H,35,36)(H,30,31,33)/t13-,16-/m0/s1. The van der Waals surface area contributed by atoms with Gasteiger partial charge in [0.2, 0.25) is 0 Å². The van der Waals surface area contributed by atoms with Crippen LogP contribution in [0.1, 0.15) is 53.1 Å². The Morgan fingerprint density at radius 1 is 1.22 bits per heavy atom. The summed E-state index contributed by atoms with van der Waals surface area (Å²) in [5, 5.41) is 12.3. The Balaban J connectivity index is 1.57. The summed E-state index contributed by atoms with van der Waals surface area (Å²) in [5.41, 5.74) is -0.730. The van der Waals surface area contributed by atoms with Gasteiger partial charge in [0.05, 0.1) is 22.4 Å². The third-order valence-electron chi connectivity index (χ3n) is 6.34. The predicted molar refractivity (Wildman–Crippen MR) is 127 cm³/mol. The van der Waals surface area contributed by atoms with E-state index in [9.17, 15) is 32.7 Å². The number of carbonyl (C=O) groups excluding carboxylic acids is 1. The number of halogens is 3. The molecular formula is C25H25F3N4O4. The highest BCUT2D eigenvalue weighted by molar-refractivity contribution is 5.95. The van der Waals surface area contributed by atoms with Gasteiger partial charge in [0, 0.05) is 30.4 Å². The molecule has 2 atom stereocenters. The minimum atomic E-state index is -4.66. The third kappa shape index (κ3) is 5.19. The Bertz CT molecular complexity index is 1370. The summed E-state index contributed by atoms with van der Waals surface area (Å²) in [5.74, 6) is -1.60. The molecule has 4 rings (SSSR count). The number of likely N-dealkylation sites (tertiary alicyclic amines) is 1. The molecule has 3 N–H and O–H groups in total. The van der Waals surface area contributed by atoms with Gasteiger partial charge in [-0.1, -0.05) is 0 Å². The van der Waals surface area contributed by atoms with Crippen molar-refractivity contribution < 1.29 is 27.9 Å². The van der Waals surface area contributed by atoms with Crippen molar-refractivity contribution in [3.05, 3.63) is 69.3 Å². The second kappa shape index (κ2) is 9.63. The number of benzene rings is 2. The van der Waals surface area contributed by atoms with Gasteiger partial charge in [-0.05, 0) is 68.7 Å². The van der Waals surface area contributed by atoms with Crippen molar-refractivity contribution in [1.29, 1.82) is 0 Å². The molecule has 0 radical (unpaired) electrons. The van der Waals surface area contributed by atoms with Crippen molar-refractivity contribution in [2.24, 2.45) is 5.92 Å². The van der Waals surface area contributed by atoms with Crippen LogP contribution >= 0.6 is 0 Å². The van der Waals surface area contributed by atoms with Gasteiger partial charge in [0.15, 0.2) is 0 Å². The number of H-pyrrole nitrogens is 1. The number of carboxylic acid groups (broad SMARTS) is 1. The van der Waals surface area contributed by atoms with Crippen LogP contribution in [0.3, 0.4) is 0 Å². The van der Waals surface area contributed by atoms with Crippen LogP contribution in [-0.4, -0.2) is 44.9 Å². The minimum Gasteiger partial charge on any atom is -0.481 e. The molecule has 3 aromatic rings. The number of fused-ring (bicyclic) bond motifs is 1. The van der Waals surface area contributed by atoms with E-state index >= 15 is 0 Å². The molecule has 1 aromatic heterocycles. The third-order valence-corrected chi connectivity index (χ3v) is 6.34. The summed E-state index contributed by atoms with van der Waals surface area (Å²) < 4.78 is 41.6. The van der Waals surface area contributed by atoms with Gasteiger partial charge < -0.3 is 20.3 Å². The lowest BCUT2D eigenvalue weighted by Gasteiger charge is -2.30. The molecule has 0 unspecified atom stereocenters. The molecule has 190 valence electrons. The van der Waals surface area contributed by atoms with E-state index in [1.54, 1.807) is 31.2 Å². The predicted octanol–water partition coefficient (Wildman–Crippen LogP) is 4.36. The SMILES string of the molecule is Cc1nc2cc(C(F)(F)F)c([C@H](C)Nc3ccc(C(=O)N4CCC[C@H](C(=O)O)C4)cc3)cc2c(=O)[nH]1. The van der Waals surface area contributed by atoms with Crippen molar-refractivity contribution in [1.82, 2.24) is 14.9 Å². The Hall–Kier alpha value is -3.89. The first kappa shape index (κ1) is 25.2. The number of hydrogen-bond donors (Lipinski definition) is 3. The number of aryl methyl sites for hydroxylation is 1. The lowest BCUT2D eigenvalue weighted by molar-refractivity contribution is -0.143. The van der Waals surface area contributed by atoms with Crippen LogP contribution in [0, 0.1) is 12.8 Å². The summed E-state index contributed by atoms with van der Waals surface area (Å²) in [6, 6.07) is 7.51. The van der Waals surface area contributed by atoms with Gasteiger partial charge in [-0.2, -0.15) is 13.2 Å². The van der Waals surface area contributed by atoms with Crippen molar-refractivity contribution in [2.45, 2.75) is 38.9 Å². The zero-order valence-corrected chi connectivity index (χ0v) is 19.6. The van der Waals surface area contributed by atoms with Gasteiger partial charge in [-0.15, -0.1) is 0 Å². The number of carbonyl (C=O) groups is 2. The summed E-state index contributed by atoms with van der Waals surface area (Å²) in [6.45, 7) is 3.65. The van der Waals surface area contributed by atoms with Crippen LogP contribution in [-0.2, 0) is 11.0 Å². The zero-order valence-electron chi connectivity index (χ0n) is 19.6. The molecule has 0 spiro atoms. The van der Waals surface area contributed by atoms with E-state index < -0.39 is 35.2 Å². The van der Waals surface area contributed by atoms with Crippen molar-refractivity contribution in [3.8, 4) is 0 Å². The van der Waals surface area contributed by atoms with Crippen LogP contribution in [0.25, 0.3) is 10.9 Å². The largest absolute Gasteiger partial charge is 0.481 e. The van der Waals surface area contributed by atoms with Crippen molar-refractivity contribution >= 4 is 28.5 Å². The number of nitrogens with zero attached hydrogens (tertiary/aromatic N) is 2. The van der Waals surface area contributed by atoms with Crippen LogP contribution in [0.5, 0.6) is 0 Å². The number of piperidine rings is 1. The molecule has 36 heavy (non-hydrogen) atoms. The summed E-state index contributed by atoms with van der Waals surface area (Å²) in [4.78, 5) is 44.4. The molecule has 11 heteroatoms. The Morgan fingerprint density at radius 3 is 2.56 bits per heavy atom. The van der Waals surface area contributed by atoms with E-state index in [2.05, 4.69) is 15.3 Å². The first-order valence-corrected chi connectivity index (χ1v) is 11.4. The monoisotopic (exact) mass is 502 g/mol. The normalized spacial score (nSPS) is 17.1. The summed E-state index contributed by atoms with van der Waals surface area (Å²) in [7, 11) is 0. The first-order chi connectivity index (χ1) is 16.9. The van der Waals surface area contributed by atoms with E-state index in [0.29, 0.717) is 30.6 Å². The fraction of sp³-hybridized carbons (Fsp3) is 0.360. The average Bonchev–Trinajstić information content (AvgIpc) is 2.82. The van der Waals surface area contributed by atoms with Crippen LogP contribution in [0.15, 0.2) is 41.2 Å². The lowest BCUT2D eigenvalue weighted by atomic mass is 9.97. The molecule has 8 nitrogen and oxygen atoms in total. The van der Waals surface area contributed by atoms with Gasteiger partial charge in [-0.25, -0.2) is 4.98 Å². The highest BCUT2D eigenvalue weighted by Gasteiger charge is 2.35. The molecule has 2 heterocycles. The van der Waals surface area contributed by atoms with Gasteiger partial charge in [0.1, 0.15) is 5.82 Å². The second-order valence-corrected chi connectivity index (χ2v) is 8.98. The number of aromatic amines is 1. The van der Waals surface area contributed by atoms with Gasteiger partial charge in [0.25, 0.3) is 11.5 Å². The molecule has 0 saturated carbocycles. The minimum absolute atomic E-state index is 0.0368. The number of rotatable bonds is 5. The Kier molecular flexibility index (Phi) is 6.75. The van der Waals surface area contributed by atoms with E-state index in [0.717, 1.165) is 6.07 Å². The lowest BCUT2D eigenvalue weighted by Crippen LogP contribution is -2.42. The quantitative estimate of drug-likeness (QED) is 0.478. The maximum absolute atomic E-state index is 13.9. The number of amides is 1. The zero-order chi connectivity index (χ0) is 26.2. The summed E-state index contributed by atoms with van der Waals surface area (Å²) >= 11 is 0. The highest BCUT2D eigenvalue weighted by Crippen LogP contribution is 2.37. The van der Waals surface area contributed by atoms with Crippen LogP contribution < -0.4 is 10.9 Å². The Labute approximate surface area is 204 Å². The molecule has 0 bridgehead atoms. The van der Waals surface area contributed by atoms with E-state index in [1.807, 2.05) is 0 Å². The molecule has 1 fully saturated rings. The number of alkyl halides is 3. The van der Waals surface area contributed by atoms with Crippen LogP contribution in [0.4, 0.5) is 18.9 Å². The van der Waals surface area contributed by atoms with Gasteiger partial charge >= 0.3 is 12.1 Å². The molecule has 1 aliphatic heterocycles. The molecular weight excluding hydrogens is 477 g/mol. The maximum atomic E-state index is 13.9. The van der Waals surface area contributed by atoms with Crippen molar-refractivity contribution in [2.75, 3.05) is 18.4 Å². The maximum Gasteiger partial charge on any atom is 0.416 e. The smallest absolute Gasteiger partial charge is 0.416 e. The number of aromatic nitrogens is 2. The fourth-order valence-electron chi connectivity index (χ4n) is 4.51. The Morgan fingerprint density at radius 2 is 1.92 bits per heavy atom. The number of hydrogen-bond acceptors (Lipinski definition) is 5. The summed E-state index contributed by atoms with van der Waals surface area (Å²) in [6.07, 6.45) is -3.53. The van der Waals surface area contributed by atoms with E-state index in [1.165, 1.54) is 17.9 Å². The topological polar surface area (TPSA) is 115 Å². The fourth-order valence-corrected chi connectivity index (χ4v) is 4.51. The average molecular weight is 502 g/mol. The second-order valence-electron chi connectivity index (χ2n) is 8.98. The van der Waals surface area contributed by atoms with E-state index in [4.69, 9.17) is 0 Å². The first-order valence-electron chi connectivity index (χ1n) is 11.4. The molecule has 2 aromatic carbocycles. The number of anilines is 1. The highest BCUT2D eigenvalue weighted by atomic mass is 19.4. The molecule has 1 aliphatic rings. The molecule has 0 aliphatic carbocycles. The molecule has 1 amide bonds. The van der Waals surface area contributed by atoms with Gasteiger partial charge in [-0.3, -0.25) is 14.4 Å². The van der Waals surface area contributed by atoms with Crippen LogP contribution in [0.2, 0.25) is 0 Å². The number of aliphatic carboxylic acids is 1. The number of nitrogens with one attached hydrogen (secondary N) is 2. The number of carboxylic acids is 1. The molecule has 1 saturated heterocycles. The van der Waals surface area contributed by atoms with Crippen molar-refractivity contribution in [3.63, 3.8) is 0 Å². The van der Waals surface area contributed by atoms with E-state index in [-0.39, 0.29) is 34.7 Å².